The zero-order chi connectivity index (χ0) is 21.9. The first-order chi connectivity index (χ1) is 13.5. The maximum atomic E-state index is 11.5. The highest BCUT2D eigenvalue weighted by Crippen LogP contribution is 2.08. The summed E-state index contributed by atoms with van der Waals surface area (Å²) in [6.45, 7) is 9.36. The van der Waals surface area contributed by atoms with Crippen molar-refractivity contribution in [3.63, 3.8) is 0 Å². The summed E-state index contributed by atoms with van der Waals surface area (Å²) in [4.78, 5) is 31.8. The van der Waals surface area contributed by atoms with Gasteiger partial charge in [-0.05, 0) is 24.3 Å². The van der Waals surface area contributed by atoms with Gasteiger partial charge in [0.25, 0.3) is 5.91 Å². The summed E-state index contributed by atoms with van der Waals surface area (Å²) in [7, 11) is 1.38. The van der Waals surface area contributed by atoms with Crippen LogP contribution in [0.2, 0.25) is 0 Å². The second-order valence-corrected chi connectivity index (χ2v) is 4.42. The van der Waals surface area contributed by atoms with Crippen LogP contribution in [0.4, 0.5) is 0 Å². The molecule has 0 spiro atoms. The first kappa shape index (κ1) is 30.5. The molecule has 1 heterocycles. The Morgan fingerprint density at radius 2 is 1.52 bits per heavy atom. The van der Waals surface area contributed by atoms with E-state index in [1.165, 1.54) is 7.11 Å². The van der Waals surface area contributed by atoms with Crippen molar-refractivity contribution in [1.29, 1.82) is 0 Å². The van der Waals surface area contributed by atoms with Gasteiger partial charge in [0.05, 0.1) is 7.11 Å². The van der Waals surface area contributed by atoms with E-state index in [9.17, 15) is 14.4 Å². The number of carbonyl (C=O) groups is 3. The van der Waals surface area contributed by atoms with E-state index in [4.69, 9.17) is 5.11 Å². The summed E-state index contributed by atoms with van der Waals surface area (Å²) in [5.41, 5.74) is 1.21. The molecule has 2 aromatic rings. The van der Waals surface area contributed by atoms with Crippen LogP contribution in [0.5, 0.6) is 0 Å². The van der Waals surface area contributed by atoms with Crippen LogP contribution >= 0.6 is 0 Å². The molecule has 2 rings (SSSR count). The summed E-state index contributed by atoms with van der Waals surface area (Å²) >= 11 is 0. The van der Waals surface area contributed by atoms with Crippen LogP contribution in [0.1, 0.15) is 58.8 Å². The lowest BCUT2D eigenvalue weighted by Crippen LogP contribution is -2.29. The molecule has 0 unspecified atom stereocenters. The summed E-state index contributed by atoms with van der Waals surface area (Å²) in [5.74, 6) is -1.66. The molecule has 1 amide bonds. The standard InChI is InChI=1S/C11H10N4O3.C4H8O2.2C2H6.CH4/c16-10(17)5-12-11(18)8-1-3-9(4-2-8)15-6-13-14-7-15;1-3-4(5)6-2;2*1-2;/h1-4,6-7H,5H2,(H,12,18)(H,16,17);3H2,1-2H3;2*1-2H3;1H4. The molecule has 1 aromatic carbocycles. The fraction of sp³-hybridized carbons (Fsp3) is 0.450. The zero-order valence-corrected chi connectivity index (χ0v) is 17.3. The summed E-state index contributed by atoms with van der Waals surface area (Å²) < 4.78 is 5.95. The van der Waals surface area contributed by atoms with Gasteiger partial charge in [0.1, 0.15) is 19.2 Å². The van der Waals surface area contributed by atoms with Crippen molar-refractivity contribution in [1.82, 2.24) is 20.1 Å². The molecule has 0 radical (unpaired) electrons. The Kier molecular flexibility index (Phi) is 20.5. The maximum absolute atomic E-state index is 11.5. The number of methoxy groups -OCH3 is 1. The van der Waals surface area contributed by atoms with Gasteiger partial charge in [0.15, 0.2) is 0 Å². The fourth-order valence-electron chi connectivity index (χ4n) is 1.52. The van der Waals surface area contributed by atoms with Gasteiger partial charge in [-0.3, -0.25) is 19.0 Å². The van der Waals surface area contributed by atoms with E-state index in [-0.39, 0.29) is 13.4 Å². The molecule has 0 aliphatic carbocycles. The van der Waals surface area contributed by atoms with E-state index >= 15 is 0 Å². The Balaban J connectivity index is -0.000000525. The second kappa shape index (κ2) is 19.5. The van der Waals surface area contributed by atoms with E-state index in [2.05, 4.69) is 20.3 Å². The normalized spacial score (nSPS) is 8.21. The number of aromatic nitrogens is 3. The SMILES string of the molecule is C.CC.CC.CCC(=O)OC.O=C(O)CNC(=O)c1ccc(-n2cnnc2)cc1. The van der Waals surface area contributed by atoms with Gasteiger partial charge in [0.2, 0.25) is 0 Å². The summed E-state index contributed by atoms with van der Waals surface area (Å²) in [6.07, 6.45) is 3.55. The number of nitrogens with zero attached hydrogens (tertiary/aromatic N) is 3. The van der Waals surface area contributed by atoms with Crippen LogP contribution in [0.3, 0.4) is 0 Å². The number of ether oxygens (including phenoxy) is 1. The van der Waals surface area contributed by atoms with Crippen molar-refractivity contribution in [2.75, 3.05) is 13.7 Å². The number of hydrogen-bond donors (Lipinski definition) is 2. The van der Waals surface area contributed by atoms with E-state index in [0.717, 1.165) is 5.69 Å². The molecule has 2 N–H and O–H groups in total. The fourth-order valence-corrected chi connectivity index (χ4v) is 1.52. The molecule has 9 heteroatoms. The minimum Gasteiger partial charge on any atom is -0.480 e. The van der Waals surface area contributed by atoms with Crippen molar-refractivity contribution in [3.8, 4) is 5.69 Å². The zero-order valence-electron chi connectivity index (χ0n) is 17.3. The Hall–Kier alpha value is -3.23. The Labute approximate surface area is 173 Å². The van der Waals surface area contributed by atoms with Crippen LogP contribution in [0.15, 0.2) is 36.9 Å². The Morgan fingerprint density at radius 3 is 1.86 bits per heavy atom. The van der Waals surface area contributed by atoms with Crippen molar-refractivity contribution in [2.45, 2.75) is 48.5 Å². The predicted octanol–water partition coefficient (Wildman–Crippen LogP) is 3.34. The van der Waals surface area contributed by atoms with Gasteiger partial charge in [0, 0.05) is 17.7 Å². The molecule has 0 atom stereocenters. The lowest BCUT2D eigenvalue weighted by molar-refractivity contribution is -0.140. The number of hydrogen-bond acceptors (Lipinski definition) is 6. The molecule has 0 aliphatic heterocycles. The molecular weight excluding hydrogens is 376 g/mol. The lowest BCUT2D eigenvalue weighted by atomic mass is 10.2. The van der Waals surface area contributed by atoms with Gasteiger partial charge < -0.3 is 15.2 Å². The largest absolute Gasteiger partial charge is 0.480 e. The molecule has 0 aliphatic rings. The molecule has 29 heavy (non-hydrogen) atoms. The Bertz CT molecular complexity index is 665. The molecular formula is C20H34N4O5. The summed E-state index contributed by atoms with van der Waals surface area (Å²) in [5, 5.41) is 18.1. The maximum Gasteiger partial charge on any atom is 0.322 e. The van der Waals surface area contributed by atoms with Crippen molar-refractivity contribution < 1.29 is 24.2 Å². The summed E-state index contributed by atoms with van der Waals surface area (Å²) in [6, 6.07) is 6.65. The number of esters is 1. The number of aliphatic carboxylic acids is 1. The minimum atomic E-state index is -1.08. The van der Waals surface area contributed by atoms with Gasteiger partial charge in [-0.25, -0.2) is 0 Å². The number of nitrogens with one attached hydrogen (secondary N) is 1. The third-order valence-corrected chi connectivity index (χ3v) is 2.76. The molecule has 0 bridgehead atoms. The number of rotatable bonds is 5. The highest BCUT2D eigenvalue weighted by Gasteiger charge is 2.07. The quantitative estimate of drug-likeness (QED) is 0.725. The predicted molar refractivity (Wildman–Crippen MR) is 113 cm³/mol. The van der Waals surface area contributed by atoms with Gasteiger partial charge in [-0.15, -0.1) is 10.2 Å². The smallest absolute Gasteiger partial charge is 0.322 e. The molecule has 9 nitrogen and oxygen atoms in total. The van der Waals surface area contributed by atoms with Crippen LogP contribution in [0, 0.1) is 0 Å². The van der Waals surface area contributed by atoms with Gasteiger partial charge >= 0.3 is 11.9 Å². The van der Waals surface area contributed by atoms with Gasteiger partial charge in [-0.1, -0.05) is 42.0 Å². The number of amides is 1. The van der Waals surface area contributed by atoms with Crippen LogP contribution in [-0.4, -0.2) is 51.4 Å². The molecule has 0 fully saturated rings. The average Bonchev–Trinajstić information content (AvgIpc) is 3.29. The molecule has 0 saturated heterocycles. The second-order valence-electron chi connectivity index (χ2n) is 4.42. The van der Waals surface area contributed by atoms with E-state index in [0.29, 0.717) is 12.0 Å². The van der Waals surface area contributed by atoms with Crippen molar-refractivity contribution in [2.24, 2.45) is 0 Å². The first-order valence-electron chi connectivity index (χ1n) is 8.99. The van der Waals surface area contributed by atoms with Crippen molar-refractivity contribution in [3.05, 3.63) is 42.5 Å². The van der Waals surface area contributed by atoms with E-state index in [1.54, 1.807) is 48.4 Å². The van der Waals surface area contributed by atoms with Crippen LogP contribution in [-0.2, 0) is 14.3 Å². The van der Waals surface area contributed by atoms with E-state index in [1.807, 2.05) is 27.7 Å². The molecule has 1 aromatic heterocycles. The van der Waals surface area contributed by atoms with Crippen molar-refractivity contribution >= 4 is 17.8 Å². The first-order valence-corrected chi connectivity index (χ1v) is 8.99. The number of benzene rings is 1. The number of carbonyl (C=O) groups excluding carboxylic acids is 2. The third kappa shape index (κ3) is 13.6. The number of carboxylic acid groups (broad SMARTS) is 1. The Morgan fingerprint density at radius 1 is 1.03 bits per heavy atom. The third-order valence-electron chi connectivity index (χ3n) is 2.76. The van der Waals surface area contributed by atoms with Crippen LogP contribution < -0.4 is 5.32 Å². The van der Waals surface area contributed by atoms with Crippen LogP contribution in [0.25, 0.3) is 5.69 Å². The number of carboxylic acids is 1. The van der Waals surface area contributed by atoms with Gasteiger partial charge in [-0.2, -0.15) is 0 Å². The highest BCUT2D eigenvalue weighted by atomic mass is 16.5. The topological polar surface area (TPSA) is 123 Å². The molecule has 0 saturated carbocycles. The van der Waals surface area contributed by atoms with E-state index < -0.39 is 18.4 Å². The monoisotopic (exact) mass is 410 g/mol. The highest BCUT2D eigenvalue weighted by molar-refractivity contribution is 5.95. The average molecular weight is 411 g/mol. The lowest BCUT2D eigenvalue weighted by Gasteiger charge is -2.04. The minimum absolute atomic E-state index is 0. The molecule has 164 valence electrons.